The average molecular weight is 444 g/mol. The predicted octanol–water partition coefficient (Wildman–Crippen LogP) is 4.55. The summed E-state index contributed by atoms with van der Waals surface area (Å²) in [6.07, 6.45) is 11.9. The Kier molecular flexibility index (Phi) is 6.08. The smallest absolute Gasteiger partial charge is 0.355 e. The maximum absolute atomic E-state index is 12.9. The second-order valence-corrected chi connectivity index (χ2v) is 7.20. The number of nitrogens with zero attached hydrogens (tertiary/aromatic N) is 4. The lowest BCUT2D eigenvalue weighted by molar-refractivity contribution is 0.0507. The van der Waals surface area contributed by atoms with Gasteiger partial charge in [-0.2, -0.15) is 0 Å². The molecule has 4 heterocycles. The molecule has 0 bridgehead atoms. The van der Waals surface area contributed by atoms with Crippen molar-refractivity contribution in [3.05, 3.63) is 66.0 Å². The molecule has 0 spiro atoms. The van der Waals surface area contributed by atoms with Gasteiger partial charge in [0.2, 0.25) is 0 Å². The molecule has 4 rings (SSSR count). The Labute approximate surface area is 190 Å². The third-order valence-electron chi connectivity index (χ3n) is 5.42. The third kappa shape index (κ3) is 3.69. The number of carbonyl (C=O) groups excluding carboxylic acids is 2. The molecule has 0 fully saturated rings. The summed E-state index contributed by atoms with van der Waals surface area (Å²) in [6, 6.07) is 3.67. The van der Waals surface area contributed by atoms with E-state index >= 15 is 0 Å². The Balaban J connectivity index is 1.97. The molecule has 0 unspecified atom stereocenters. The standard InChI is InChI=1S/C25H24N4O4/c1-5-16-17-8-11-27-15-21(17)29(23(16)25(31)33-7-3)13-10-19-18-9-12-26-14-20(18)28(4)22(19)24(30)32-6-2/h5,8-15H,1,6-7H2,2-4H3/b13-10+. The van der Waals surface area contributed by atoms with Gasteiger partial charge >= 0.3 is 11.9 Å². The minimum absolute atomic E-state index is 0.238. The van der Waals surface area contributed by atoms with Crippen LogP contribution < -0.4 is 0 Å². The molecule has 33 heavy (non-hydrogen) atoms. The van der Waals surface area contributed by atoms with Crippen molar-refractivity contribution in [2.75, 3.05) is 13.2 Å². The number of aryl methyl sites for hydroxylation is 1. The van der Waals surface area contributed by atoms with Crippen LogP contribution in [0.1, 0.15) is 46.0 Å². The van der Waals surface area contributed by atoms with Crippen molar-refractivity contribution in [1.29, 1.82) is 0 Å². The maximum atomic E-state index is 12.9. The highest BCUT2D eigenvalue weighted by Crippen LogP contribution is 2.30. The molecular formula is C25H24N4O4. The molecule has 0 aliphatic heterocycles. The topological polar surface area (TPSA) is 88.2 Å². The van der Waals surface area contributed by atoms with E-state index in [1.165, 1.54) is 0 Å². The maximum Gasteiger partial charge on any atom is 0.355 e. The van der Waals surface area contributed by atoms with Crippen molar-refractivity contribution < 1.29 is 19.1 Å². The molecule has 8 heteroatoms. The van der Waals surface area contributed by atoms with E-state index in [4.69, 9.17) is 9.47 Å². The summed E-state index contributed by atoms with van der Waals surface area (Å²) >= 11 is 0. The molecule has 4 aromatic rings. The molecule has 168 valence electrons. The number of esters is 2. The monoisotopic (exact) mass is 444 g/mol. The zero-order chi connectivity index (χ0) is 23.5. The fourth-order valence-corrected chi connectivity index (χ4v) is 4.03. The lowest BCUT2D eigenvalue weighted by Gasteiger charge is -2.07. The molecule has 0 aromatic carbocycles. The van der Waals surface area contributed by atoms with E-state index in [9.17, 15) is 9.59 Å². The summed E-state index contributed by atoms with van der Waals surface area (Å²) < 4.78 is 14.1. The van der Waals surface area contributed by atoms with Gasteiger partial charge in [0, 0.05) is 47.5 Å². The third-order valence-corrected chi connectivity index (χ3v) is 5.42. The van der Waals surface area contributed by atoms with Gasteiger partial charge in [-0.05, 0) is 32.1 Å². The first-order chi connectivity index (χ1) is 16.0. The van der Waals surface area contributed by atoms with Crippen LogP contribution in [0.4, 0.5) is 0 Å². The molecule has 0 radical (unpaired) electrons. The van der Waals surface area contributed by atoms with E-state index in [0.29, 0.717) is 28.0 Å². The van der Waals surface area contributed by atoms with Gasteiger partial charge in [0.25, 0.3) is 0 Å². The van der Waals surface area contributed by atoms with Gasteiger partial charge in [-0.1, -0.05) is 12.7 Å². The number of pyridine rings is 2. The Bertz CT molecular complexity index is 1410. The predicted molar refractivity (Wildman–Crippen MR) is 128 cm³/mol. The lowest BCUT2D eigenvalue weighted by atomic mass is 10.1. The fraction of sp³-hybridized carbons (Fsp3) is 0.200. The van der Waals surface area contributed by atoms with Crippen molar-refractivity contribution in [2.45, 2.75) is 13.8 Å². The van der Waals surface area contributed by atoms with Crippen LogP contribution in [-0.4, -0.2) is 44.3 Å². The zero-order valence-corrected chi connectivity index (χ0v) is 18.7. The van der Waals surface area contributed by atoms with Crippen LogP contribution in [0.15, 0.2) is 43.5 Å². The summed E-state index contributed by atoms with van der Waals surface area (Å²) in [4.78, 5) is 34.1. The van der Waals surface area contributed by atoms with Gasteiger partial charge in [-0.15, -0.1) is 0 Å². The number of hydrogen-bond donors (Lipinski definition) is 0. The number of carbonyl (C=O) groups is 2. The molecule has 8 nitrogen and oxygen atoms in total. The number of aromatic nitrogens is 4. The highest BCUT2D eigenvalue weighted by Gasteiger charge is 2.23. The molecule has 0 aliphatic carbocycles. The van der Waals surface area contributed by atoms with Gasteiger partial charge in [-0.3, -0.25) is 9.97 Å². The Morgan fingerprint density at radius 1 is 0.939 bits per heavy atom. The van der Waals surface area contributed by atoms with E-state index in [-0.39, 0.29) is 13.2 Å². The first-order valence-corrected chi connectivity index (χ1v) is 10.6. The van der Waals surface area contributed by atoms with E-state index < -0.39 is 11.9 Å². The lowest BCUT2D eigenvalue weighted by Crippen LogP contribution is -2.12. The van der Waals surface area contributed by atoms with Gasteiger partial charge < -0.3 is 18.6 Å². The molecule has 0 N–H and O–H groups in total. The van der Waals surface area contributed by atoms with Crippen LogP contribution in [0, 0.1) is 0 Å². The normalized spacial score (nSPS) is 11.4. The second kappa shape index (κ2) is 9.12. The van der Waals surface area contributed by atoms with Crippen LogP contribution in [0.2, 0.25) is 0 Å². The van der Waals surface area contributed by atoms with Crippen LogP contribution in [0.3, 0.4) is 0 Å². The van der Waals surface area contributed by atoms with Crippen molar-refractivity contribution >= 4 is 52.1 Å². The fourth-order valence-electron chi connectivity index (χ4n) is 4.03. The van der Waals surface area contributed by atoms with Crippen LogP contribution in [-0.2, 0) is 16.5 Å². The second-order valence-electron chi connectivity index (χ2n) is 7.20. The summed E-state index contributed by atoms with van der Waals surface area (Å²) in [5.41, 5.74) is 3.55. The van der Waals surface area contributed by atoms with Crippen molar-refractivity contribution in [1.82, 2.24) is 19.1 Å². The summed E-state index contributed by atoms with van der Waals surface area (Å²) in [5, 5.41) is 1.66. The Morgan fingerprint density at radius 3 is 2.12 bits per heavy atom. The van der Waals surface area contributed by atoms with Crippen molar-refractivity contribution in [2.24, 2.45) is 7.05 Å². The van der Waals surface area contributed by atoms with E-state index in [1.54, 1.807) is 73.2 Å². The van der Waals surface area contributed by atoms with Gasteiger partial charge in [0.05, 0.1) is 36.6 Å². The molecule has 0 atom stereocenters. The van der Waals surface area contributed by atoms with Crippen molar-refractivity contribution in [3.8, 4) is 0 Å². The van der Waals surface area contributed by atoms with Crippen molar-refractivity contribution in [3.63, 3.8) is 0 Å². The van der Waals surface area contributed by atoms with E-state index in [1.807, 2.05) is 12.1 Å². The molecule has 0 saturated carbocycles. The summed E-state index contributed by atoms with van der Waals surface area (Å²) in [7, 11) is 1.79. The molecule has 0 saturated heterocycles. The highest BCUT2D eigenvalue weighted by atomic mass is 16.5. The van der Waals surface area contributed by atoms with Gasteiger partial charge in [-0.25, -0.2) is 9.59 Å². The number of ether oxygens (including phenoxy) is 2. The quantitative estimate of drug-likeness (QED) is 0.389. The Morgan fingerprint density at radius 2 is 1.52 bits per heavy atom. The van der Waals surface area contributed by atoms with Gasteiger partial charge in [0.1, 0.15) is 11.4 Å². The molecule has 4 aromatic heterocycles. The highest BCUT2D eigenvalue weighted by molar-refractivity contribution is 6.06. The zero-order valence-electron chi connectivity index (χ0n) is 18.7. The minimum Gasteiger partial charge on any atom is -0.461 e. The van der Waals surface area contributed by atoms with E-state index in [2.05, 4.69) is 16.5 Å². The first-order valence-electron chi connectivity index (χ1n) is 10.6. The first kappa shape index (κ1) is 22.0. The molecule has 0 amide bonds. The van der Waals surface area contributed by atoms with Gasteiger partial charge in [0.15, 0.2) is 0 Å². The average Bonchev–Trinajstić information content (AvgIpc) is 3.30. The summed E-state index contributed by atoms with van der Waals surface area (Å²) in [5.74, 6) is -0.909. The largest absolute Gasteiger partial charge is 0.461 e. The number of hydrogen-bond acceptors (Lipinski definition) is 6. The number of rotatable bonds is 7. The van der Waals surface area contributed by atoms with E-state index in [0.717, 1.165) is 16.3 Å². The number of fused-ring (bicyclic) bond motifs is 2. The minimum atomic E-state index is -0.471. The molecular weight excluding hydrogens is 420 g/mol. The molecule has 0 aliphatic rings. The van der Waals surface area contributed by atoms with Crippen LogP contribution in [0.5, 0.6) is 0 Å². The van der Waals surface area contributed by atoms with Crippen LogP contribution in [0.25, 0.3) is 40.2 Å². The van der Waals surface area contributed by atoms with Crippen LogP contribution >= 0.6 is 0 Å². The summed E-state index contributed by atoms with van der Waals surface area (Å²) in [6.45, 7) is 7.89. The SMILES string of the molecule is C=Cc1c(C(=O)OCC)n(/C=C/c2c(C(=O)OCC)n(C)c3cnccc23)c2cnccc12. The Hall–Kier alpha value is -4.20.